The molecule has 2 aromatic rings. The lowest BCUT2D eigenvalue weighted by Gasteiger charge is -2.31. The molecule has 6 nitrogen and oxygen atoms in total. The normalized spacial score (nSPS) is 16.6. The summed E-state index contributed by atoms with van der Waals surface area (Å²) in [5, 5.41) is 9.05. The number of benzene rings is 1. The molecular formula is C21H24F3N3O3. The van der Waals surface area contributed by atoms with Crippen LogP contribution in [-0.4, -0.2) is 53.2 Å². The van der Waals surface area contributed by atoms with Crippen LogP contribution in [0, 0.1) is 0 Å². The van der Waals surface area contributed by atoms with Gasteiger partial charge in [0.15, 0.2) is 6.61 Å². The van der Waals surface area contributed by atoms with Crippen molar-refractivity contribution in [3.8, 4) is 5.75 Å². The molecule has 0 bridgehead atoms. The van der Waals surface area contributed by atoms with Crippen molar-refractivity contribution in [2.75, 3.05) is 31.1 Å². The van der Waals surface area contributed by atoms with E-state index in [1.807, 2.05) is 0 Å². The van der Waals surface area contributed by atoms with Crippen LogP contribution in [0.25, 0.3) is 0 Å². The van der Waals surface area contributed by atoms with E-state index in [0.717, 1.165) is 11.6 Å². The lowest BCUT2D eigenvalue weighted by Crippen LogP contribution is -2.41. The van der Waals surface area contributed by atoms with Crippen LogP contribution >= 0.6 is 0 Å². The van der Waals surface area contributed by atoms with Gasteiger partial charge in [-0.05, 0) is 43.2 Å². The Morgan fingerprint density at radius 2 is 2.03 bits per heavy atom. The van der Waals surface area contributed by atoms with E-state index in [1.165, 1.54) is 12.3 Å². The molecule has 30 heavy (non-hydrogen) atoms. The van der Waals surface area contributed by atoms with Gasteiger partial charge in [0.1, 0.15) is 11.6 Å². The molecule has 0 saturated carbocycles. The van der Waals surface area contributed by atoms with Crippen LogP contribution < -0.4 is 9.64 Å². The fourth-order valence-corrected chi connectivity index (χ4v) is 3.58. The van der Waals surface area contributed by atoms with Crippen molar-refractivity contribution in [3.05, 3.63) is 53.7 Å². The van der Waals surface area contributed by atoms with Crippen LogP contribution in [0.1, 0.15) is 24.5 Å². The summed E-state index contributed by atoms with van der Waals surface area (Å²) in [5.74, 6) is 0.179. The second kappa shape index (κ2) is 9.34. The van der Waals surface area contributed by atoms with Crippen molar-refractivity contribution >= 4 is 11.7 Å². The van der Waals surface area contributed by atoms with E-state index < -0.39 is 11.7 Å². The zero-order valence-electron chi connectivity index (χ0n) is 16.6. The molecule has 0 radical (unpaired) electrons. The quantitative estimate of drug-likeness (QED) is 0.742. The summed E-state index contributed by atoms with van der Waals surface area (Å²) in [6, 6.07) is 8.80. The molecule has 1 amide bonds. The second-order valence-electron chi connectivity index (χ2n) is 7.03. The Labute approximate surface area is 172 Å². The van der Waals surface area contributed by atoms with E-state index in [0.29, 0.717) is 31.8 Å². The van der Waals surface area contributed by atoms with Gasteiger partial charge in [-0.3, -0.25) is 4.79 Å². The number of carbonyl (C=O) groups excluding carboxylic acids is 1. The molecule has 1 aromatic heterocycles. The van der Waals surface area contributed by atoms with Gasteiger partial charge < -0.3 is 19.6 Å². The van der Waals surface area contributed by atoms with E-state index >= 15 is 0 Å². The third-order valence-electron chi connectivity index (χ3n) is 5.13. The monoisotopic (exact) mass is 423 g/mol. The number of aliphatic hydroxyl groups excluding tert-OH is 1. The minimum atomic E-state index is -4.50. The van der Waals surface area contributed by atoms with Crippen LogP contribution in [0.4, 0.5) is 19.0 Å². The Morgan fingerprint density at radius 1 is 1.30 bits per heavy atom. The first-order valence-corrected chi connectivity index (χ1v) is 9.72. The van der Waals surface area contributed by atoms with E-state index in [9.17, 15) is 18.0 Å². The highest BCUT2D eigenvalue weighted by Gasteiger charge is 2.38. The zero-order valence-corrected chi connectivity index (χ0v) is 16.6. The predicted molar refractivity (Wildman–Crippen MR) is 105 cm³/mol. The number of halogens is 3. The lowest BCUT2D eigenvalue weighted by atomic mass is 10.1. The summed E-state index contributed by atoms with van der Waals surface area (Å²) in [5.41, 5.74) is -0.0326. The molecule has 1 aliphatic heterocycles. The highest BCUT2D eigenvalue weighted by atomic mass is 19.4. The third kappa shape index (κ3) is 5.02. The van der Waals surface area contributed by atoms with Crippen LogP contribution in [0.3, 0.4) is 0 Å². The molecule has 1 saturated heterocycles. The number of hydrogen-bond donors (Lipinski definition) is 1. The summed E-state index contributed by atoms with van der Waals surface area (Å²) >= 11 is 0. The molecule has 1 aromatic carbocycles. The number of aromatic nitrogens is 1. The molecule has 0 aliphatic carbocycles. The first-order chi connectivity index (χ1) is 14.3. The number of amides is 1. The van der Waals surface area contributed by atoms with Gasteiger partial charge >= 0.3 is 6.18 Å². The number of likely N-dealkylation sites (tertiary alicyclic amines) is 1. The van der Waals surface area contributed by atoms with E-state index in [2.05, 4.69) is 4.98 Å². The minimum Gasteiger partial charge on any atom is -0.484 e. The molecule has 162 valence electrons. The topological polar surface area (TPSA) is 65.9 Å². The van der Waals surface area contributed by atoms with E-state index in [-0.39, 0.29) is 31.0 Å². The summed E-state index contributed by atoms with van der Waals surface area (Å²) in [6.45, 7) is 2.65. The molecule has 9 heteroatoms. The smallest absolute Gasteiger partial charge is 0.419 e. The number of ether oxygens (including phenoxy) is 1. The van der Waals surface area contributed by atoms with Crippen LogP contribution in [0.2, 0.25) is 0 Å². The Hall–Kier alpha value is -2.81. The number of rotatable bonds is 7. The summed E-state index contributed by atoms with van der Waals surface area (Å²) < 4.78 is 45.7. The SMILES string of the molecule is CCN(c1ncccc1C(F)(F)F)C1CCN(C(=O)COc2ccc(CO)cc2)C1. The molecule has 1 fully saturated rings. The van der Waals surface area contributed by atoms with Crippen LogP contribution in [0.15, 0.2) is 42.6 Å². The Morgan fingerprint density at radius 3 is 2.67 bits per heavy atom. The molecule has 1 aliphatic rings. The second-order valence-corrected chi connectivity index (χ2v) is 7.03. The van der Waals surface area contributed by atoms with Crippen molar-refractivity contribution in [2.45, 2.75) is 32.2 Å². The van der Waals surface area contributed by atoms with Crippen molar-refractivity contribution in [2.24, 2.45) is 0 Å². The fraction of sp³-hybridized carbons (Fsp3) is 0.429. The van der Waals surface area contributed by atoms with Gasteiger partial charge in [0.05, 0.1) is 12.2 Å². The number of nitrogens with zero attached hydrogens (tertiary/aromatic N) is 3. The molecule has 3 rings (SSSR count). The van der Waals surface area contributed by atoms with E-state index in [4.69, 9.17) is 9.84 Å². The maximum atomic E-state index is 13.4. The number of anilines is 1. The number of carbonyl (C=O) groups is 1. The number of alkyl halides is 3. The average molecular weight is 423 g/mol. The first kappa shape index (κ1) is 21.9. The summed E-state index contributed by atoms with van der Waals surface area (Å²) in [6.07, 6.45) is -2.59. The van der Waals surface area contributed by atoms with Crippen molar-refractivity contribution in [1.29, 1.82) is 0 Å². The molecule has 1 N–H and O–H groups in total. The predicted octanol–water partition coefficient (Wildman–Crippen LogP) is 3.10. The summed E-state index contributed by atoms with van der Waals surface area (Å²) in [4.78, 5) is 19.7. The molecular weight excluding hydrogens is 399 g/mol. The maximum Gasteiger partial charge on any atom is 0.419 e. The van der Waals surface area contributed by atoms with Crippen molar-refractivity contribution in [3.63, 3.8) is 0 Å². The van der Waals surface area contributed by atoms with Gasteiger partial charge in [0.2, 0.25) is 0 Å². The Kier molecular flexibility index (Phi) is 6.81. The van der Waals surface area contributed by atoms with Crippen LogP contribution in [0.5, 0.6) is 5.75 Å². The molecule has 1 atom stereocenters. The maximum absolute atomic E-state index is 13.4. The highest BCUT2D eigenvalue weighted by Crippen LogP contribution is 2.36. The van der Waals surface area contributed by atoms with Gasteiger partial charge in [-0.1, -0.05) is 12.1 Å². The highest BCUT2D eigenvalue weighted by molar-refractivity contribution is 5.78. The third-order valence-corrected chi connectivity index (χ3v) is 5.13. The van der Waals surface area contributed by atoms with Gasteiger partial charge in [-0.2, -0.15) is 13.2 Å². The average Bonchev–Trinajstić information content (AvgIpc) is 3.22. The number of hydrogen-bond acceptors (Lipinski definition) is 5. The van der Waals surface area contributed by atoms with Gasteiger partial charge in [0.25, 0.3) is 5.91 Å². The number of likely N-dealkylation sites (N-methyl/N-ethyl adjacent to an activating group) is 1. The standard InChI is InChI=1S/C21H24F3N3O3/c1-2-27(20-18(21(22,23)24)4-3-10-25-20)16-9-11-26(12-16)19(29)14-30-17-7-5-15(13-28)6-8-17/h3-8,10,16,28H,2,9,11-14H2,1H3. The number of pyridine rings is 1. The van der Waals surface area contributed by atoms with Crippen LogP contribution in [-0.2, 0) is 17.6 Å². The fourth-order valence-electron chi connectivity index (χ4n) is 3.58. The molecule has 1 unspecified atom stereocenters. The molecule has 0 spiro atoms. The largest absolute Gasteiger partial charge is 0.484 e. The first-order valence-electron chi connectivity index (χ1n) is 9.72. The van der Waals surface area contributed by atoms with Gasteiger partial charge in [-0.25, -0.2) is 4.98 Å². The lowest BCUT2D eigenvalue weighted by molar-refractivity contribution is -0.137. The summed E-state index contributed by atoms with van der Waals surface area (Å²) in [7, 11) is 0. The Bertz CT molecular complexity index is 859. The Balaban J connectivity index is 1.63. The van der Waals surface area contributed by atoms with Gasteiger partial charge in [-0.15, -0.1) is 0 Å². The zero-order chi connectivity index (χ0) is 21.7. The van der Waals surface area contributed by atoms with Crippen molar-refractivity contribution < 1.29 is 27.8 Å². The minimum absolute atomic E-state index is 0.0748. The van der Waals surface area contributed by atoms with Gasteiger partial charge in [0, 0.05) is 31.9 Å². The van der Waals surface area contributed by atoms with Crippen molar-refractivity contribution in [1.82, 2.24) is 9.88 Å². The van der Waals surface area contributed by atoms with E-state index in [1.54, 1.807) is 41.0 Å². The molecule has 2 heterocycles. The number of aliphatic hydroxyl groups is 1.